The maximum Gasteiger partial charge on any atom is 0.312 e. The summed E-state index contributed by atoms with van der Waals surface area (Å²) in [5.41, 5.74) is -1.32. The third kappa shape index (κ3) is 8.11. The summed E-state index contributed by atoms with van der Waals surface area (Å²) in [5.74, 6) is -0.0951. The molecule has 0 saturated heterocycles. The molecule has 0 N–H and O–H groups in total. The van der Waals surface area contributed by atoms with Crippen LogP contribution in [0.1, 0.15) is 102 Å². The monoisotopic (exact) mass is 356 g/mol. The second-order valence-electron chi connectivity index (χ2n) is 11.1. The van der Waals surface area contributed by atoms with Crippen molar-refractivity contribution in [3.8, 4) is 0 Å². The second kappa shape index (κ2) is 7.98. The topological polar surface area (TPSA) is 35.5 Å². The van der Waals surface area contributed by atoms with Crippen LogP contribution in [0.3, 0.4) is 0 Å². The second-order valence-corrected chi connectivity index (χ2v) is 11.1. The highest BCUT2D eigenvalue weighted by atomic mass is 16.6. The van der Waals surface area contributed by atoms with E-state index in [1.54, 1.807) is 0 Å². The van der Waals surface area contributed by atoms with Gasteiger partial charge in [-0.3, -0.25) is 4.79 Å². The summed E-state index contributed by atoms with van der Waals surface area (Å²) < 4.78 is 11.8. The highest BCUT2D eigenvalue weighted by molar-refractivity contribution is 5.78. The molecular formula is C22H44O3. The molecular weight excluding hydrogens is 312 g/mol. The van der Waals surface area contributed by atoms with Gasteiger partial charge in [-0.05, 0) is 58.8 Å². The van der Waals surface area contributed by atoms with E-state index < -0.39 is 11.0 Å². The largest absolute Gasteiger partial charge is 0.459 e. The summed E-state index contributed by atoms with van der Waals surface area (Å²) in [7, 11) is 0. The van der Waals surface area contributed by atoms with Crippen LogP contribution in [0.5, 0.6) is 0 Å². The van der Waals surface area contributed by atoms with Crippen molar-refractivity contribution in [1.29, 1.82) is 0 Å². The van der Waals surface area contributed by atoms with Crippen LogP contribution in [0, 0.1) is 16.2 Å². The molecule has 0 aliphatic rings. The number of esters is 1. The number of hydrogen-bond donors (Lipinski definition) is 0. The molecule has 0 heterocycles. The van der Waals surface area contributed by atoms with E-state index in [0.29, 0.717) is 13.0 Å². The lowest BCUT2D eigenvalue weighted by atomic mass is 9.60. The van der Waals surface area contributed by atoms with Gasteiger partial charge in [0.25, 0.3) is 0 Å². The fourth-order valence-electron chi connectivity index (χ4n) is 2.74. The van der Waals surface area contributed by atoms with Crippen LogP contribution >= 0.6 is 0 Å². The number of carbonyl (C=O) groups is 1. The van der Waals surface area contributed by atoms with Gasteiger partial charge in [-0.2, -0.15) is 0 Å². The van der Waals surface area contributed by atoms with Crippen molar-refractivity contribution in [3.05, 3.63) is 0 Å². The Bertz CT molecular complexity index is 435. The number of ether oxygens (including phenoxy) is 2. The number of rotatable bonds is 8. The van der Waals surface area contributed by atoms with Crippen molar-refractivity contribution >= 4 is 5.97 Å². The van der Waals surface area contributed by atoms with Gasteiger partial charge in [0.1, 0.15) is 5.60 Å². The lowest BCUT2D eigenvalue weighted by molar-refractivity contribution is -0.180. The van der Waals surface area contributed by atoms with E-state index >= 15 is 0 Å². The standard InChI is InChI=1S/C22H44O3/c1-13-20(8,9)16-22(12,18(2,3)4)17(23)25-21(10,11)14-15-24-19(5,6)7/h13-16H2,1-12H3. The van der Waals surface area contributed by atoms with Crippen molar-refractivity contribution in [2.24, 2.45) is 16.2 Å². The molecule has 0 amide bonds. The van der Waals surface area contributed by atoms with Crippen LogP contribution in [0.2, 0.25) is 0 Å². The van der Waals surface area contributed by atoms with Gasteiger partial charge in [0.15, 0.2) is 0 Å². The summed E-state index contributed by atoms with van der Waals surface area (Å²) in [5, 5.41) is 0. The molecule has 1 atom stereocenters. The van der Waals surface area contributed by atoms with Crippen molar-refractivity contribution in [1.82, 2.24) is 0 Å². The number of carbonyl (C=O) groups excluding carboxylic acids is 1. The van der Waals surface area contributed by atoms with Gasteiger partial charge in [-0.1, -0.05) is 48.0 Å². The molecule has 0 spiro atoms. The van der Waals surface area contributed by atoms with Crippen molar-refractivity contribution in [3.63, 3.8) is 0 Å². The summed E-state index contributed by atoms with van der Waals surface area (Å²) in [6, 6.07) is 0. The minimum absolute atomic E-state index is 0.0951. The van der Waals surface area contributed by atoms with Crippen molar-refractivity contribution in [2.75, 3.05) is 6.61 Å². The van der Waals surface area contributed by atoms with E-state index in [-0.39, 0.29) is 22.4 Å². The molecule has 0 aliphatic heterocycles. The minimum atomic E-state index is -0.537. The molecule has 1 unspecified atom stereocenters. The van der Waals surface area contributed by atoms with Crippen LogP contribution in [-0.2, 0) is 14.3 Å². The molecule has 0 aromatic heterocycles. The zero-order valence-electron chi connectivity index (χ0n) is 19.1. The Balaban J connectivity index is 5.21. The third-order valence-electron chi connectivity index (χ3n) is 5.50. The van der Waals surface area contributed by atoms with Crippen LogP contribution < -0.4 is 0 Å². The van der Waals surface area contributed by atoms with E-state index in [9.17, 15) is 4.79 Å². The maximum absolute atomic E-state index is 13.2. The minimum Gasteiger partial charge on any atom is -0.459 e. The molecule has 25 heavy (non-hydrogen) atoms. The molecule has 0 rings (SSSR count). The van der Waals surface area contributed by atoms with Crippen LogP contribution in [0.15, 0.2) is 0 Å². The lowest BCUT2D eigenvalue weighted by Crippen LogP contribution is -2.47. The third-order valence-corrected chi connectivity index (χ3v) is 5.50. The Hall–Kier alpha value is -0.570. The fraction of sp³-hybridized carbons (Fsp3) is 0.955. The SMILES string of the molecule is CCC(C)(C)CC(C)(C(=O)OC(C)(C)CCOC(C)(C)C)C(C)(C)C. The van der Waals surface area contributed by atoms with Crippen molar-refractivity contribution < 1.29 is 14.3 Å². The van der Waals surface area contributed by atoms with Crippen molar-refractivity contribution in [2.45, 2.75) is 114 Å². The predicted molar refractivity (Wildman–Crippen MR) is 107 cm³/mol. The van der Waals surface area contributed by atoms with E-state index in [0.717, 1.165) is 12.8 Å². The molecule has 0 radical (unpaired) electrons. The first-order valence-electron chi connectivity index (χ1n) is 9.73. The first-order valence-corrected chi connectivity index (χ1v) is 9.73. The molecule has 0 aliphatic carbocycles. The average Bonchev–Trinajstić information content (AvgIpc) is 2.34. The van der Waals surface area contributed by atoms with Crippen LogP contribution in [0.4, 0.5) is 0 Å². The predicted octanol–water partition coefficient (Wildman–Crippen LogP) is 6.39. The Labute approximate surface area is 157 Å². The van der Waals surface area contributed by atoms with Crippen LogP contribution in [-0.4, -0.2) is 23.8 Å². The summed E-state index contributed by atoms with van der Waals surface area (Å²) in [6.07, 6.45) is 2.54. The van der Waals surface area contributed by atoms with Crippen LogP contribution in [0.25, 0.3) is 0 Å². The molecule has 0 aromatic carbocycles. The van der Waals surface area contributed by atoms with Gasteiger partial charge in [0, 0.05) is 6.42 Å². The quantitative estimate of drug-likeness (QED) is 0.472. The zero-order chi connectivity index (χ0) is 20.3. The normalized spacial score (nSPS) is 16.5. The molecule has 0 aromatic rings. The van der Waals surface area contributed by atoms with Gasteiger partial charge in [-0.15, -0.1) is 0 Å². The molecule has 0 fully saturated rings. The van der Waals surface area contributed by atoms with E-state index in [1.165, 1.54) is 0 Å². The molecule has 150 valence electrons. The van der Waals surface area contributed by atoms with E-state index in [2.05, 4.69) is 48.5 Å². The molecule has 3 nitrogen and oxygen atoms in total. The first-order chi connectivity index (χ1) is 10.9. The Kier molecular flexibility index (Phi) is 7.80. The van der Waals surface area contributed by atoms with E-state index in [4.69, 9.17) is 9.47 Å². The smallest absolute Gasteiger partial charge is 0.312 e. The highest BCUT2D eigenvalue weighted by Crippen LogP contribution is 2.49. The Morgan fingerprint density at radius 3 is 1.68 bits per heavy atom. The Morgan fingerprint density at radius 2 is 1.32 bits per heavy atom. The highest BCUT2D eigenvalue weighted by Gasteiger charge is 2.49. The molecule has 0 bridgehead atoms. The zero-order valence-corrected chi connectivity index (χ0v) is 19.1. The fourth-order valence-corrected chi connectivity index (χ4v) is 2.74. The lowest BCUT2D eigenvalue weighted by Gasteiger charge is -2.45. The first kappa shape index (κ1) is 24.4. The summed E-state index contributed by atoms with van der Waals surface area (Å²) in [4.78, 5) is 13.2. The van der Waals surface area contributed by atoms with Gasteiger partial charge in [-0.25, -0.2) is 0 Å². The summed E-state index contributed by atoms with van der Waals surface area (Å²) >= 11 is 0. The number of hydrogen-bond acceptors (Lipinski definition) is 3. The van der Waals surface area contributed by atoms with Gasteiger partial charge in [0.2, 0.25) is 0 Å². The van der Waals surface area contributed by atoms with E-state index in [1.807, 2.05) is 34.6 Å². The summed E-state index contributed by atoms with van der Waals surface area (Å²) in [6.45, 7) is 25.8. The average molecular weight is 357 g/mol. The Morgan fingerprint density at radius 1 is 0.840 bits per heavy atom. The molecule has 0 saturated carbocycles. The maximum atomic E-state index is 13.2. The van der Waals surface area contributed by atoms with Gasteiger partial charge < -0.3 is 9.47 Å². The molecule has 3 heteroatoms. The van der Waals surface area contributed by atoms with Gasteiger partial charge >= 0.3 is 5.97 Å². The van der Waals surface area contributed by atoms with Gasteiger partial charge in [0.05, 0.1) is 17.6 Å².